The van der Waals surface area contributed by atoms with Crippen LogP contribution in [-0.2, 0) is 6.54 Å². The van der Waals surface area contributed by atoms with Gasteiger partial charge in [-0.2, -0.15) is 5.10 Å². The van der Waals surface area contributed by atoms with Crippen molar-refractivity contribution in [1.82, 2.24) is 15.1 Å². The highest BCUT2D eigenvalue weighted by molar-refractivity contribution is 5.04. The largest absolute Gasteiger partial charge is 0.307 e. The summed E-state index contributed by atoms with van der Waals surface area (Å²) >= 11 is 0. The van der Waals surface area contributed by atoms with Gasteiger partial charge in [0.25, 0.3) is 0 Å². The topological polar surface area (TPSA) is 29.9 Å². The highest BCUT2D eigenvalue weighted by Crippen LogP contribution is 2.05. The number of hydrogen-bond acceptors (Lipinski definition) is 2. The third-order valence-electron chi connectivity index (χ3n) is 2.17. The van der Waals surface area contributed by atoms with E-state index in [0.717, 1.165) is 6.54 Å². The van der Waals surface area contributed by atoms with Crippen molar-refractivity contribution in [3.05, 3.63) is 30.6 Å². The van der Waals surface area contributed by atoms with Crippen LogP contribution in [-0.4, -0.2) is 15.8 Å². The van der Waals surface area contributed by atoms with Gasteiger partial charge in [-0.15, -0.1) is 6.58 Å². The van der Waals surface area contributed by atoms with Crippen LogP contribution in [0.1, 0.15) is 32.4 Å². The Morgan fingerprint density at radius 1 is 1.57 bits per heavy atom. The van der Waals surface area contributed by atoms with Crippen LogP contribution in [0.4, 0.5) is 0 Å². The van der Waals surface area contributed by atoms with Crippen molar-refractivity contribution in [3.63, 3.8) is 0 Å². The van der Waals surface area contributed by atoms with Gasteiger partial charge in [-0.05, 0) is 20.8 Å². The lowest BCUT2D eigenvalue weighted by molar-refractivity contribution is 0.531. The first-order valence-corrected chi connectivity index (χ1v) is 5.02. The highest BCUT2D eigenvalue weighted by Gasteiger charge is 2.02. The predicted octanol–water partition coefficient (Wildman–Crippen LogP) is 2.13. The molecule has 1 atom stereocenters. The lowest BCUT2D eigenvalue weighted by Crippen LogP contribution is -2.22. The van der Waals surface area contributed by atoms with Crippen molar-refractivity contribution in [3.8, 4) is 0 Å². The molecule has 0 bridgehead atoms. The van der Waals surface area contributed by atoms with Gasteiger partial charge < -0.3 is 5.32 Å². The Morgan fingerprint density at radius 3 is 2.79 bits per heavy atom. The van der Waals surface area contributed by atoms with Crippen molar-refractivity contribution < 1.29 is 0 Å². The molecule has 1 aromatic rings. The second-order valence-electron chi connectivity index (χ2n) is 3.83. The molecule has 0 radical (unpaired) electrons. The second-order valence-corrected chi connectivity index (χ2v) is 3.83. The Morgan fingerprint density at radius 2 is 2.29 bits per heavy atom. The van der Waals surface area contributed by atoms with E-state index in [-0.39, 0.29) is 0 Å². The highest BCUT2D eigenvalue weighted by atomic mass is 15.3. The van der Waals surface area contributed by atoms with Crippen molar-refractivity contribution in [1.29, 1.82) is 0 Å². The van der Waals surface area contributed by atoms with Gasteiger partial charge in [0.05, 0.1) is 6.20 Å². The van der Waals surface area contributed by atoms with Gasteiger partial charge >= 0.3 is 0 Å². The monoisotopic (exact) mass is 193 g/mol. The fraction of sp³-hybridized carbons (Fsp3) is 0.545. The summed E-state index contributed by atoms with van der Waals surface area (Å²) in [5.41, 5.74) is 1.22. The van der Waals surface area contributed by atoms with E-state index in [0.29, 0.717) is 12.1 Å². The Labute approximate surface area is 85.8 Å². The first-order chi connectivity index (χ1) is 6.63. The molecule has 1 rings (SSSR count). The number of aromatic nitrogens is 2. The Kier molecular flexibility index (Phi) is 3.89. The summed E-state index contributed by atoms with van der Waals surface area (Å²) in [5.74, 6) is 0. The third kappa shape index (κ3) is 3.00. The second kappa shape index (κ2) is 4.96. The standard InChI is InChI=1S/C11H19N3/c1-5-10(4)12-6-11-7-13-14(8-11)9(2)3/h5,7-10,12H,1,6H2,2-4H3. The van der Waals surface area contributed by atoms with Crippen LogP contribution in [0.25, 0.3) is 0 Å². The van der Waals surface area contributed by atoms with E-state index in [1.165, 1.54) is 5.56 Å². The van der Waals surface area contributed by atoms with E-state index in [2.05, 4.69) is 44.0 Å². The summed E-state index contributed by atoms with van der Waals surface area (Å²) in [6, 6.07) is 0.776. The molecule has 78 valence electrons. The van der Waals surface area contributed by atoms with Gasteiger partial charge in [0.15, 0.2) is 0 Å². The maximum Gasteiger partial charge on any atom is 0.0534 e. The zero-order valence-electron chi connectivity index (χ0n) is 9.20. The molecule has 1 heterocycles. The SMILES string of the molecule is C=CC(C)NCc1cnn(C(C)C)c1. The van der Waals surface area contributed by atoms with Gasteiger partial charge in [-0.1, -0.05) is 6.08 Å². The molecule has 1 unspecified atom stereocenters. The lowest BCUT2D eigenvalue weighted by atomic mass is 10.3. The summed E-state index contributed by atoms with van der Waals surface area (Å²) in [6.45, 7) is 10.9. The maximum atomic E-state index is 4.27. The molecular weight excluding hydrogens is 174 g/mol. The van der Waals surface area contributed by atoms with E-state index < -0.39 is 0 Å². The Balaban J connectivity index is 2.47. The summed E-state index contributed by atoms with van der Waals surface area (Å²) in [4.78, 5) is 0. The molecule has 0 aliphatic carbocycles. The minimum Gasteiger partial charge on any atom is -0.307 e. The van der Waals surface area contributed by atoms with E-state index in [1.54, 1.807) is 0 Å². The average molecular weight is 193 g/mol. The molecule has 3 heteroatoms. The molecule has 1 N–H and O–H groups in total. The van der Waals surface area contributed by atoms with E-state index >= 15 is 0 Å². The van der Waals surface area contributed by atoms with Crippen molar-refractivity contribution in [2.75, 3.05) is 0 Å². The van der Waals surface area contributed by atoms with Crippen LogP contribution >= 0.6 is 0 Å². The van der Waals surface area contributed by atoms with E-state index in [1.807, 2.05) is 17.0 Å². The molecular formula is C11H19N3. The van der Waals surface area contributed by atoms with E-state index in [9.17, 15) is 0 Å². The van der Waals surface area contributed by atoms with Crippen molar-refractivity contribution >= 4 is 0 Å². The summed E-state index contributed by atoms with van der Waals surface area (Å²) in [5, 5.41) is 7.60. The van der Waals surface area contributed by atoms with Crippen LogP contribution in [0.2, 0.25) is 0 Å². The van der Waals surface area contributed by atoms with Crippen molar-refractivity contribution in [2.24, 2.45) is 0 Å². The first-order valence-electron chi connectivity index (χ1n) is 5.02. The molecule has 14 heavy (non-hydrogen) atoms. The third-order valence-corrected chi connectivity index (χ3v) is 2.17. The molecule has 1 aromatic heterocycles. The van der Waals surface area contributed by atoms with Crippen LogP contribution in [0.15, 0.2) is 25.0 Å². The van der Waals surface area contributed by atoms with Crippen molar-refractivity contribution in [2.45, 2.75) is 39.4 Å². The molecule has 0 aliphatic heterocycles. The molecule has 3 nitrogen and oxygen atoms in total. The summed E-state index contributed by atoms with van der Waals surface area (Å²) in [7, 11) is 0. The smallest absolute Gasteiger partial charge is 0.0534 e. The van der Waals surface area contributed by atoms with E-state index in [4.69, 9.17) is 0 Å². The summed E-state index contributed by atoms with van der Waals surface area (Å²) in [6.07, 6.45) is 5.88. The molecule has 0 fully saturated rings. The number of nitrogens with zero attached hydrogens (tertiary/aromatic N) is 2. The zero-order chi connectivity index (χ0) is 10.6. The van der Waals surface area contributed by atoms with Crippen LogP contribution in [0.3, 0.4) is 0 Å². The maximum absolute atomic E-state index is 4.27. The predicted molar refractivity (Wildman–Crippen MR) is 59.1 cm³/mol. The van der Waals surface area contributed by atoms with Crippen LogP contribution in [0, 0.1) is 0 Å². The molecule has 0 saturated carbocycles. The molecule has 0 amide bonds. The van der Waals surface area contributed by atoms with Crippen LogP contribution in [0.5, 0.6) is 0 Å². The minimum atomic E-state index is 0.345. The lowest BCUT2D eigenvalue weighted by Gasteiger charge is -2.07. The number of nitrogens with one attached hydrogen (secondary N) is 1. The zero-order valence-corrected chi connectivity index (χ0v) is 9.20. The van der Waals surface area contributed by atoms with Gasteiger partial charge in [0, 0.05) is 30.4 Å². The van der Waals surface area contributed by atoms with Gasteiger partial charge in [0.2, 0.25) is 0 Å². The normalized spacial score (nSPS) is 13.1. The minimum absolute atomic E-state index is 0.345. The fourth-order valence-corrected chi connectivity index (χ4v) is 1.11. The first kappa shape index (κ1) is 11.0. The quantitative estimate of drug-likeness (QED) is 0.726. The summed E-state index contributed by atoms with van der Waals surface area (Å²) < 4.78 is 1.97. The number of hydrogen-bond donors (Lipinski definition) is 1. The van der Waals surface area contributed by atoms with Crippen LogP contribution < -0.4 is 5.32 Å². The molecule has 0 spiro atoms. The number of rotatable bonds is 5. The Bertz CT molecular complexity index is 288. The van der Waals surface area contributed by atoms with Gasteiger partial charge in [-0.25, -0.2) is 0 Å². The molecule has 0 aliphatic rings. The van der Waals surface area contributed by atoms with Gasteiger partial charge in [-0.3, -0.25) is 4.68 Å². The average Bonchev–Trinajstić information content (AvgIpc) is 2.62. The van der Waals surface area contributed by atoms with Gasteiger partial charge in [0.1, 0.15) is 0 Å². The Hall–Kier alpha value is -1.09. The fourth-order valence-electron chi connectivity index (χ4n) is 1.11. The molecule has 0 saturated heterocycles. The molecule has 0 aromatic carbocycles.